The van der Waals surface area contributed by atoms with Crippen LogP contribution >= 0.6 is 0 Å². The zero-order valence-corrected chi connectivity index (χ0v) is 9.71. The molecular formula is C15H13FO2. The molecular weight excluding hydrogens is 231 g/mol. The molecule has 2 aromatic rings. The SMILES string of the molecule is O=C(O)[C@H](Cc1ccccc1)c1ccccc1F. The molecule has 2 nitrogen and oxygen atoms in total. The number of hydrogen-bond donors (Lipinski definition) is 1. The predicted molar refractivity (Wildman–Crippen MR) is 66.9 cm³/mol. The van der Waals surface area contributed by atoms with Crippen molar-refractivity contribution < 1.29 is 14.3 Å². The number of carboxylic acid groups (broad SMARTS) is 1. The summed E-state index contributed by atoms with van der Waals surface area (Å²) in [5, 5.41) is 9.25. The number of rotatable bonds is 4. The monoisotopic (exact) mass is 244 g/mol. The van der Waals surface area contributed by atoms with E-state index in [9.17, 15) is 14.3 Å². The van der Waals surface area contributed by atoms with Crippen molar-refractivity contribution in [3.05, 3.63) is 71.5 Å². The minimum atomic E-state index is -1.01. The van der Waals surface area contributed by atoms with Crippen LogP contribution in [0, 0.1) is 5.82 Å². The van der Waals surface area contributed by atoms with Gasteiger partial charge in [-0.05, 0) is 18.1 Å². The average molecular weight is 244 g/mol. The third kappa shape index (κ3) is 2.74. The largest absolute Gasteiger partial charge is 0.481 e. The molecule has 0 unspecified atom stereocenters. The number of carbonyl (C=O) groups is 1. The van der Waals surface area contributed by atoms with E-state index in [1.807, 2.05) is 30.3 Å². The van der Waals surface area contributed by atoms with Gasteiger partial charge in [0, 0.05) is 5.56 Å². The summed E-state index contributed by atoms with van der Waals surface area (Å²) < 4.78 is 13.6. The van der Waals surface area contributed by atoms with E-state index in [0.29, 0.717) is 0 Å². The smallest absolute Gasteiger partial charge is 0.311 e. The third-order valence-corrected chi connectivity index (χ3v) is 2.86. The van der Waals surface area contributed by atoms with Gasteiger partial charge < -0.3 is 5.11 Å². The quantitative estimate of drug-likeness (QED) is 0.896. The number of aliphatic carboxylic acids is 1. The Labute approximate surface area is 105 Å². The van der Waals surface area contributed by atoms with Crippen LogP contribution in [0.4, 0.5) is 4.39 Å². The molecule has 0 bridgehead atoms. The van der Waals surface area contributed by atoms with E-state index >= 15 is 0 Å². The lowest BCUT2D eigenvalue weighted by molar-refractivity contribution is -0.138. The van der Waals surface area contributed by atoms with Gasteiger partial charge in [0.1, 0.15) is 5.82 Å². The predicted octanol–water partition coefficient (Wildman–Crippen LogP) is 3.24. The molecule has 18 heavy (non-hydrogen) atoms. The van der Waals surface area contributed by atoms with E-state index in [2.05, 4.69) is 0 Å². The van der Waals surface area contributed by atoms with Gasteiger partial charge >= 0.3 is 5.97 Å². The molecule has 0 radical (unpaired) electrons. The van der Waals surface area contributed by atoms with Crippen molar-refractivity contribution in [1.82, 2.24) is 0 Å². The maximum Gasteiger partial charge on any atom is 0.311 e. The molecule has 0 amide bonds. The van der Waals surface area contributed by atoms with E-state index < -0.39 is 17.7 Å². The van der Waals surface area contributed by atoms with E-state index in [-0.39, 0.29) is 12.0 Å². The minimum Gasteiger partial charge on any atom is -0.481 e. The molecule has 0 fully saturated rings. The first-order valence-corrected chi connectivity index (χ1v) is 5.69. The van der Waals surface area contributed by atoms with Gasteiger partial charge in [-0.25, -0.2) is 4.39 Å². The molecule has 0 aliphatic rings. The second-order valence-corrected chi connectivity index (χ2v) is 4.10. The van der Waals surface area contributed by atoms with E-state index in [1.165, 1.54) is 12.1 Å². The Bertz CT molecular complexity index is 537. The standard InChI is InChI=1S/C15H13FO2/c16-14-9-5-4-8-12(14)13(15(17)18)10-11-6-2-1-3-7-11/h1-9,13H,10H2,(H,17,18)/t13-/m1/s1. The summed E-state index contributed by atoms with van der Waals surface area (Å²) in [6, 6.07) is 15.3. The second kappa shape index (κ2) is 5.45. The number of benzene rings is 2. The Morgan fingerprint density at radius 3 is 2.28 bits per heavy atom. The molecule has 0 saturated carbocycles. The molecule has 92 valence electrons. The number of halogens is 1. The topological polar surface area (TPSA) is 37.3 Å². The van der Waals surface area contributed by atoms with Crippen molar-refractivity contribution >= 4 is 5.97 Å². The second-order valence-electron chi connectivity index (χ2n) is 4.10. The van der Waals surface area contributed by atoms with Crippen molar-refractivity contribution in [2.75, 3.05) is 0 Å². The lowest BCUT2D eigenvalue weighted by Crippen LogP contribution is -2.15. The van der Waals surface area contributed by atoms with Gasteiger partial charge in [0.2, 0.25) is 0 Å². The lowest BCUT2D eigenvalue weighted by atomic mass is 9.92. The lowest BCUT2D eigenvalue weighted by Gasteiger charge is -2.13. The van der Waals surface area contributed by atoms with E-state index in [0.717, 1.165) is 5.56 Å². The maximum atomic E-state index is 13.6. The molecule has 1 N–H and O–H groups in total. The fraction of sp³-hybridized carbons (Fsp3) is 0.133. The van der Waals surface area contributed by atoms with Crippen molar-refractivity contribution in [2.45, 2.75) is 12.3 Å². The molecule has 2 rings (SSSR count). The van der Waals surface area contributed by atoms with Gasteiger partial charge in [-0.2, -0.15) is 0 Å². The molecule has 0 spiro atoms. The summed E-state index contributed by atoms with van der Waals surface area (Å²) >= 11 is 0. The molecule has 0 aliphatic heterocycles. The van der Waals surface area contributed by atoms with Crippen molar-refractivity contribution in [3.63, 3.8) is 0 Å². The fourth-order valence-corrected chi connectivity index (χ4v) is 1.94. The van der Waals surface area contributed by atoms with Gasteiger partial charge in [0.15, 0.2) is 0 Å². The van der Waals surface area contributed by atoms with Crippen LogP contribution in [0.3, 0.4) is 0 Å². The zero-order chi connectivity index (χ0) is 13.0. The van der Waals surface area contributed by atoms with Crippen LogP contribution in [0.5, 0.6) is 0 Å². The summed E-state index contributed by atoms with van der Waals surface area (Å²) in [5.74, 6) is -2.33. The molecule has 0 aliphatic carbocycles. The minimum absolute atomic E-state index is 0.230. The van der Waals surface area contributed by atoms with Crippen molar-refractivity contribution in [2.24, 2.45) is 0 Å². The Hall–Kier alpha value is -2.16. The summed E-state index contributed by atoms with van der Waals surface area (Å²) in [4.78, 5) is 11.3. The van der Waals surface area contributed by atoms with Crippen molar-refractivity contribution in [3.8, 4) is 0 Å². The van der Waals surface area contributed by atoms with E-state index in [1.54, 1.807) is 12.1 Å². The Morgan fingerprint density at radius 1 is 1.06 bits per heavy atom. The molecule has 3 heteroatoms. The number of carboxylic acids is 1. The van der Waals surface area contributed by atoms with Crippen LogP contribution in [-0.2, 0) is 11.2 Å². The highest BCUT2D eigenvalue weighted by Crippen LogP contribution is 2.23. The van der Waals surface area contributed by atoms with Crippen LogP contribution in [0.2, 0.25) is 0 Å². The third-order valence-electron chi connectivity index (χ3n) is 2.86. The van der Waals surface area contributed by atoms with E-state index in [4.69, 9.17) is 0 Å². The Morgan fingerprint density at radius 2 is 1.67 bits per heavy atom. The first-order chi connectivity index (χ1) is 8.68. The molecule has 1 atom stereocenters. The highest BCUT2D eigenvalue weighted by Gasteiger charge is 2.22. The average Bonchev–Trinajstić information content (AvgIpc) is 2.38. The molecule has 0 saturated heterocycles. The summed E-state index contributed by atoms with van der Waals surface area (Å²) in [5.41, 5.74) is 1.11. The first kappa shape index (κ1) is 12.3. The van der Waals surface area contributed by atoms with Crippen LogP contribution in [0.15, 0.2) is 54.6 Å². The van der Waals surface area contributed by atoms with Gasteiger partial charge in [-0.15, -0.1) is 0 Å². The van der Waals surface area contributed by atoms with Crippen LogP contribution < -0.4 is 0 Å². The highest BCUT2D eigenvalue weighted by atomic mass is 19.1. The van der Waals surface area contributed by atoms with Crippen LogP contribution in [0.25, 0.3) is 0 Å². The summed E-state index contributed by atoms with van der Waals surface area (Å²) in [6.45, 7) is 0. The molecule has 0 aromatic heterocycles. The first-order valence-electron chi connectivity index (χ1n) is 5.69. The van der Waals surface area contributed by atoms with Gasteiger partial charge in [-0.1, -0.05) is 48.5 Å². The zero-order valence-electron chi connectivity index (χ0n) is 9.71. The molecule has 0 heterocycles. The van der Waals surface area contributed by atoms with Crippen LogP contribution in [-0.4, -0.2) is 11.1 Å². The Kier molecular flexibility index (Phi) is 3.72. The van der Waals surface area contributed by atoms with Gasteiger partial charge in [-0.3, -0.25) is 4.79 Å². The normalized spacial score (nSPS) is 12.1. The van der Waals surface area contributed by atoms with Crippen molar-refractivity contribution in [1.29, 1.82) is 0 Å². The molecule has 2 aromatic carbocycles. The fourth-order valence-electron chi connectivity index (χ4n) is 1.94. The summed E-state index contributed by atoms with van der Waals surface area (Å²) in [7, 11) is 0. The summed E-state index contributed by atoms with van der Waals surface area (Å²) in [6.07, 6.45) is 0.289. The highest BCUT2D eigenvalue weighted by molar-refractivity contribution is 5.76. The number of hydrogen-bond acceptors (Lipinski definition) is 1. The van der Waals surface area contributed by atoms with Gasteiger partial charge in [0.05, 0.1) is 5.92 Å². The van der Waals surface area contributed by atoms with Gasteiger partial charge in [0.25, 0.3) is 0 Å². The van der Waals surface area contributed by atoms with Crippen LogP contribution in [0.1, 0.15) is 17.0 Å². The Balaban J connectivity index is 2.30. The maximum absolute atomic E-state index is 13.6.